The number of hydrogen-bond donors (Lipinski definition) is 1. The molecule has 0 aliphatic carbocycles. The number of carbonyl (C=O) groups excluding carboxylic acids is 1. The molecule has 0 bridgehead atoms. The van der Waals surface area contributed by atoms with E-state index in [4.69, 9.17) is 5.73 Å². The van der Waals surface area contributed by atoms with E-state index in [0.29, 0.717) is 12.5 Å². The number of halogens is 2. The van der Waals surface area contributed by atoms with Crippen molar-refractivity contribution in [3.05, 3.63) is 29.1 Å². The quantitative estimate of drug-likeness (QED) is 0.910. The number of nitrogens with two attached hydrogens (primary N) is 1. The SMILES string of the molecule is Cc1ccc(C(=O)N2CCCC(CN)C2)c(C)n1.Cl.Cl. The smallest absolute Gasteiger partial charge is 0.255 e. The standard InChI is InChI=1S/C14H21N3O.2ClH/c1-10-5-6-13(11(2)16-10)14(18)17-7-3-4-12(8-15)9-17;;/h5-6,12H,3-4,7-9,15H2,1-2H3;2*1H. The molecule has 1 aromatic rings. The van der Waals surface area contributed by atoms with Crippen molar-refractivity contribution in [2.75, 3.05) is 19.6 Å². The minimum atomic E-state index is 0. The van der Waals surface area contributed by atoms with Crippen LogP contribution >= 0.6 is 24.8 Å². The number of nitrogens with zero attached hydrogens (tertiary/aromatic N) is 2. The first-order valence-electron chi connectivity index (χ1n) is 6.55. The van der Waals surface area contributed by atoms with Crippen LogP contribution in [0, 0.1) is 19.8 Å². The Morgan fingerprint density at radius 1 is 1.40 bits per heavy atom. The average Bonchev–Trinajstić information content (AvgIpc) is 2.38. The molecule has 0 spiro atoms. The number of amides is 1. The predicted octanol–water partition coefficient (Wildman–Crippen LogP) is 2.35. The van der Waals surface area contributed by atoms with E-state index in [0.717, 1.165) is 42.9 Å². The van der Waals surface area contributed by atoms with Gasteiger partial charge in [0.1, 0.15) is 0 Å². The molecule has 1 aliphatic heterocycles. The Morgan fingerprint density at radius 2 is 2.10 bits per heavy atom. The van der Waals surface area contributed by atoms with E-state index in [9.17, 15) is 4.79 Å². The van der Waals surface area contributed by atoms with E-state index in [-0.39, 0.29) is 30.7 Å². The van der Waals surface area contributed by atoms with Crippen LogP contribution in [0.25, 0.3) is 0 Å². The number of rotatable bonds is 2. The van der Waals surface area contributed by atoms with Crippen LogP contribution in [0.2, 0.25) is 0 Å². The Hall–Kier alpha value is -0.840. The van der Waals surface area contributed by atoms with Crippen LogP contribution in [0.1, 0.15) is 34.6 Å². The first-order valence-corrected chi connectivity index (χ1v) is 6.55. The van der Waals surface area contributed by atoms with Crippen molar-refractivity contribution in [1.82, 2.24) is 9.88 Å². The molecule has 20 heavy (non-hydrogen) atoms. The lowest BCUT2D eigenvalue weighted by Crippen LogP contribution is -2.42. The second kappa shape index (κ2) is 8.45. The van der Waals surface area contributed by atoms with E-state index in [1.165, 1.54) is 0 Å². The van der Waals surface area contributed by atoms with E-state index >= 15 is 0 Å². The Morgan fingerprint density at radius 3 is 2.70 bits per heavy atom. The van der Waals surface area contributed by atoms with Gasteiger partial charge in [0.15, 0.2) is 0 Å². The largest absolute Gasteiger partial charge is 0.338 e. The Kier molecular flexibility index (Phi) is 8.09. The molecule has 2 heterocycles. The molecule has 1 atom stereocenters. The maximum absolute atomic E-state index is 12.4. The summed E-state index contributed by atoms with van der Waals surface area (Å²) >= 11 is 0. The molecule has 1 saturated heterocycles. The molecule has 1 aliphatic rings. The van der Waals surface area contributed by atoms with Gasteiger partial charge in [0.05, 0.1) is 11.3 Å². The van der Waals surface area contributed by atoms with Crippen LogP contribution in [0.15, 0.2) is 12.1 Å². The van der Waals surface area contributed by atoms with Gasteiger partial charge < -0.3 is 10.6 Å². The zero-order valence-electron chi connectivity index (χ0n) is 12.0. The average molecular weight is 320 g/mol. The van der Waals surface area contributed by atoms with Gasteiger partial charge in [-0.3, -0.25) is 9.78 Å². The second-order valence-electron chi connectivity index (χ2n) is 5.08. The molecule has 114 valence electrons. The normalized spacial score (nSPS) is 17.9. The molecular formula is C14H23Cl2N3O. The molecule has 0 radical (unpaired) electrons. The highest BCUT2D eigenvalue weighted by Gasteiger charge is 2.24. The zero-order chi connectivity index (χ0) is 13.1. The summed E-state index contributed by atoms with van der Waals surface area (Å²) in [4.78, 5) is 18.7. The Balaban J connectivity index is 0.00000180. The summed E-state index contributed by atoms with van der Waals surface area (Å²) in [5, 5.41) is 0. The monoisotopic (exact) mass is 319 g/mol. The summed E-state index contributed by atoms with van der Waals surface area (Å²) in [7, 11) is 0. The van der Waals surface area contributed by atoms with Crippen molar-refractivity contribution in [2.45, 2.75) is 26.7 Å². The number of carbonyl (C=O) groups is 1. The first-order chi connectivity index (χ1) is 8.61. The van der Waals surface area contributed by atoms with Gasteiger partial charge in [0, 0.05) is 18.8 Å². The maximum Gasteiger partial charge on any atom is 0.255 e. The molecule has 1 unspecified atom stereocenters. The summed E-state index contributed by atoms with van der Waals surface area (Å²) in [5.74, 6) is 0.541. The molecule has 1 fully saturated rings. The van der Waals surface area contributed by atoms with Gasteiger partial charge in [-0.25, -0.2) is 0 Å². The summed E-state index contributed by atoms with van der Waals surface area (Å²) in [6.45, 7) is 6.11. The van der Waals surface area contributed by atoms with E-state index in [2.05, 4.69) is 4.98 Å². The highest BCUT2D eigenvalue weighted by Crippen LogP contribution is 2.18. The van der Waals surface area contributed by atoms with Gasteiger partial charge in [0.2, 0.25) is 0 Å². The highest BCUT2D eigenvalue weighted by molar-refractivity contribution is 5.95. The van der Waals surface area contributed by atoms with Crippen LogP contribution in [0.3, 0.4) is 0 Å². The lowest BCUT2D eigenvalue weighted by molar-refractivity contribution is 0.0677. The van der Waals surface area contributed by atoms with Crippen molar-refractivity contribution >= 4 is 30.7 Å². The molecule has 1 amide bonds. The fourth-order valence-corrected chi connectivity index (χ4v) is 2.52. The van der Waals surface area contributed by atoms with Gasteiger partial charge in [0.25, 0.3) is 5.91 Å². The van der Waals surface area contributed by atoms with E-state index < -0.39 is 0 Å². The lowest BCUT2D eigenvalue weighted by atomic mass is 9.97. The van der Waals surface area contributed by atoms with Crippen LogP contribution in [0.5, 0.6) is 0 Å². The maximum atomic E-state index is 12.4. The van der Waals surface area contributed by atoms with Crippen LogP contribution < -0.4 is 5.73 Å². The van der Waals surface area contributed by atoms with Crippen LogP contribution in [0.4, 0.5) is 0 Å². The van der Waals surface area contributed by atoms with Crippen LogP contribution in [-0.4, -0.2) is 35.4 Å². The molecule has 0 saturated carbocycles. The lowest BCUT2D eigenvalue weighted by Gasteiger charge is -2.32. The van der Waals surface area contributed by atoms with Gasteiger partial charge in [-0.2, -0.15) is 0 Å². The third-order valence-electron chi connectivity index (χ3n) is 3.59. The Bertz CT molecular complexity index is 454. The van der Waals surface area contributed by atoms with Crippen molar-refractivity contribution < 1.29 is 4.79 Å². The summed E-state index contributed by atoms with van der Waals surface area (Å²) in [5.41, 5.74) is 8.19. The van der Waals surface area contributed by atoms with E-state index in [1.807, 2.05) is 30.9 Å². The number of piperidine rings is 1. The van der Waals surface area contributed by atoms with Crippen molar-refractivity contribution in [3.8, 4) is 0 Å². The van der Waals surface area contributed by atoms with Gasteiger partial charge in [-0.05, 0) is 51.3 Å². The fraction of sp³-hybridized carbons (Fsp3) is 0.571. The second-order valence-corrected chi connectivity index (χ2v) is 5.08. The minimum absolute atomic E-state index is 0. The van der Waals surface area contributed by atoms with Crippen molar-refractivity contribution in [1.29, 1.82) is 0 Å². The molecule has 2 N–H and O–H groups in total. The summed E-state index contributed by atoms with van der Waals surface area (Å²) < 4.78 is 0. The molecule has 1 aromatic heterocycles. The number of aromatic nitrogens is 1. The van der Waals surface area contributed by atoms with Gasteiger partial charge in [-0.15, -0.1) is 24.8 Å². The number of likely N-dealkylation sites (tertiary alicyclic amines) is 1. The number of hydrogen-bond acceptors (Lipinski definition) is 3. The molecule has 6 heteroatoms. The number of aryl methyl sites for hydroxylation is 2. The third-order valence-corrected chi connectivity index (χ3v) is 3.59. The predicted molar refractivity (Wildman–Crippen MR) is 85.9 cm³/mol. The van der Waals surface area contributed by atoms with Crippen LogP contribution in [-0.2, 0) is 0 Å². The molecule has 0 aromatic carbocycles. The Labute approximate surface area is 132 Å². The first kappa shape index (κ1) is 19.2. The third kappa shape index (κ3) is 4.33. The summed E-state index contributed by atoms with van der Waals surface area (Å²) in [6, 6.07) is 3.77. The minimum Gasteiger partial charge on any atom is -0.338 e. The molecule has 2 rings (SSSR count). The zero-order valence-corrected chi connectivity index (χ0v) is 13.6. The molecule has 4 nitrogen and oxygen atoms in total. The van der Waals surface area contributed by atoms with Crippen molar-refractivity contribution in [3.63, 3.8) is 0 Å². The highest BCUT2D eigenvalue weighted by atomic mass is 35.5. The fourth-order valence-electron chi connectivity index (χ4n) is 2.52. The molecular weight excluding hydrogens is 297 g/mol. The van der Waals surface area contributed by atoms with Gasteiger partial charge >= 0.3 is 0 Å². The summed E-state index contributed by atoms with van der Waals surface area (Å²) in [6.07, 6.45) is 2.18. The topological polar surface area (TPSA) is 59.2 Å². The number of pyridine rings is 1. The van der Waals surface area contributed by atoms with E-state index in [1.54, 1.807) is 0 Å². The van der Waals surface area contributed by atoms with Crippen molar-refractivity contribution in [2.24, 2.45) is 11.7 Å². The van der Waals surface area contributed by atoms with Gasteiger partial charge in [-0.1, -0.05) is 0 Å².